The van der Waals surface area contributed by atoms with E-state index in [1.165, 1.54) is 13.8 Å². The molecule has 0 saturated heterocycles. The Bertz CT molecular complexity index is 337. The van der Waals surface area contributed by atoms with Crippen molar-refractivity contribution in [2.24, 2.45) is 0 Å². The van der Waals surface area contributed by atoms with Gasteiger partial charge in [-0.3, -0.25) is 19.2 Å². The summed E-state index contributed by atoms with van der Waals surface area (Å²) < 4.78 is 4.27. The van der Waals surface area contributed by atoms with Gasteiger partial charge in [-0.25, -0.2) is 4.79 Å². The van der Waals surface area contributed by atoms with E-state index in [4.69, 9.17) is 30.3 Å². The molecule has 0 aliphatic rings. The van der Waals surface area contributed by atoms with Crippen molar-refractivity contribution >= 4 is 30.3 Å². The van der Waals surface area contributed by atoms with Gasteiger partial charge in [-0.2, -0.15) is 0 Å². The van der Waals surface area contributed by atoms with E-state index in [1.54, 1.807) is 6.92 Å². The van der Waals surface area contributed by atoms with E-state index in [-0.39, 0.29) is 25.9 Å². The molecule has 1 atom stereocenters. The Balaban J connectivity index is -0.000000118. The zero-order chi connectivity index (χ0) is 19.4. The molecule has 0 spiro atoms. The van der Waals surface area contributed by atoms with E-state index in [0.29, 0.717) is 0 Å². The van der Waals surface area contributed by atoms with Crippen LogP contribution in [0.15, 0.2) is 0 Å². The lowest BCUT2D eigenvalue weighted by atomic mass is 10.3. The van der Waals surface area contributed by atoms with E-state index in [0.717, 1.165) is 0 Å². The van der Waals surface area contributed by atoms with E-state index in [2.05, 4.69) is 4.74 Å². The van der Waals surface area contributed by atoms with Gasteiger partial charge in [0.05, 0.1) is 12.8 Å². The van der Waals surface area contributed by atoms with Crippen LogP contribution in [0.4, 0.5) is 0 Å². The third-order valence-corrected chi connectivity index (χ3v) is 1.24. The van der Waals surface area contributed by atoms with Gasteiger partial charge < -0.3 is 30.3 Å². The lowest BCUT2D eigenvalue weighted by Gasteiger charge is -2.04. The Labute approximate surface area is 132 Å². The SMILES string of the molecule is CC(=O)OC(C)C(=O)O.CCO.O=C(O)CCC(=O)O.O=CO. The number of hydrogen-bond acceptors (Lipinski definition) is 7. The van der Waals surface area contributed by atoms with Crippen LogP contribution in [-0.4, -0.2) is 68.6 Å². The Kier molecular flexibility index (Phi) is 26.7. The molecule has 0 saturated carbocycles. The minimum absolute atomic E-state index is 0.250. The molecule has 0 heterocycles. The Morgan fingerprint density at radius 1 is 1.04 bits per heavy atom. The Morgan fingerprint density at radius 3 is 1.39 bits per heavy atom. The van der Waals surface area contributed by atoms with Crippen LogP contribution in [0.3, 0.4) is 0 Å². The summed E-state index contributed by atoms with van der Waals surface area (Å²) in [6.07, 6.45) is -1.63. The lowest BCUT2D eigenvalue weighted by Crippen LogP contribution is -2.21. The summed E-state index contributed by atoms with van der Waals surface area (Å²) in [5, 5.41) is 38.4. The predicted molar refractivity (Wildman–Crippen MR) is 74.8 cm³/mol. The van der Waals surface area contributed by atoms with Gasteiger partial charge in [-0.1, -0.05) is 0 Å². The summed E-state index contributed by atoms with van der Waals surface area (Å²) in [4.78, 5) is 47.7. The Morgan fingerprint density at radius 2 is 1.30 bits per heavy atom. The summed E-state index contributed by atoms with van der Waals surface area (Å²) in [5.41, 5.74) is 0. The van der Waals surface area contributed by atoms with Crippen molar-refractivity contribution in [3.05, 3.63) is 0 Å². The fourth-order valence-corrected chi connectivity index (χ4v) is 0.513. The second-order valence-electron chi connectivity index (χ2n) is 3.30. The highest BCUT2D eigenvalue weighted by Crippen LogP contribution is 1.89. The molecule has 0 aliphatic heterocycles. The number of hydrogen-bond donors (Lipinski definition) is 5. The monoisotopic (exact) mass is 342 g/mol. The van der Waals surface area contributed by atoms with Crippen LogP contribution in [0, 0.1) is 0 Å². The first-order valence-electron chi connectivity index (χ1n) is 6.02. The molecule has 0 aromatic rings. The summed E-state index contributed by atoms with van der Waals surface area (Å²) in [6, 6.07) is 0. The molecule has 0 aliphatic carbocycles. The molecule has 5 N–H and O–H groups in total. The highest BCUT2D eigenvalue weighted by molar-refractivity contribution is 5.76. The van der Waals surface area contributed by atoms with Crippen LogP contribution in [0.5, 0.6) is 0 Å². The maximum absolute atomic E-state index is 10.1. The molecule has 0 aromatic heterocycles. The van der Waals surface area contributed by atoms with Gasteiger partial charge in [-0.05, 0) is 13.8 Å². The average molecular weight is 342 g/mol. The number of carboxylic acid groups (broad SMARTS) is 4. The van der Waals surface area contributed by atoms with Crippen LogP contribution in [-0.2, 0) is 28.7 Å². The number of carbonyl (C=O) groups is 5. The minimum Gasteiger partial charge on any atom is -0.483 e. The number of esters is 1. The van der Waals surface area contributed by atoms with Crippen molar-refractivity contribution < 1.29 is 54.2 Å². The minimum atomic E-state index is -1.13. The molecule has 11 nitrogen and oxygen atoms in total. The summed E-state index contributed by atoms with van der Waals surface area (Å²) >= 11 is 0. The molecule has 0 radical (unpaired) electrons. The molecule has 1 unspecified atom stereocenters. The molecule has 0 fully saturated rings. The smallest absolute Gasteiger partial charge is 0.344 e. The van der Waals surface area contributed by atoms with Crippen molar-refractivity contribution in [1.82, 2.24) is 0 Å². The predicted octanol–water partition coefficient (Wildman–Crippen LogP) is -0.342. The normalized spacial score (nSPS) is 9.04. The third-order valence-electron chi connectivity index (χ3n) is 1.24. The second-order valence-corrected chi connectivity index (χ2v) is 3.30. The van der Waals surface area contributed by atoms with E-state index in [9.17, 15) is 19.2 Å². The summed E-state index contributed by atoms with van der Waals surface area (Å²) in [6.45, 7) is 4.14. The van der Waals surface area contributed by atoms with Gasteiger partial charge in [0.1, 0.15) is 0 Å². The molecular weight excluding hydrogens is 320 g/mol. The molecule has 0 amide bonds. The van der Waals surface area contributed by atoms with Gasteiger partial charge in [0.2, 0.25) is 0 Å². The lowest BCUT2D eigenvalue weighted by molar-refractivity contribution is -0.161. The van der Waals surface area contributed by atoms with Crippen molar-refractivity contribution in [2.75, 3.05) is 6.61 Å². The van der Waals surface area contributed by atoms with Crippen molar-refractivity contribution in [3.8, 4) is 0 Å². The molecule has 11 heteroatoms. The zero-order valence-electron chi connectivity index (χ0n) is 13.0. The molecule has 0 bridgehead atoms. The quantitative estimate of drug-likeness (QED) is 0.323. The fraction of sp³-hybridized carbons (Fsp3) is 0.583. The van der Waals surface area contributed by atoms with Crippen LogP contribution < -0.4 is 0 Å². The number of ether oxygens (including phenoxy) is 1. The standard InChI is InChI=1S/C5H8O4.C4H6O4.C2H6O.CH2O2/c1-3(5(7)8)9-4(2)6;5-3(6)1-2-4(7)8;1-2-3;2-1-3/h3H,1-2H3,(H,7,8);1-2H2,(H,5,6)(H,7,8);3H,2H2,1H3;1H,(H,2,3). The number of carbonyl (C=O) groups excluding carboxylic acids is 1. The highest BCUT2D eigenvalue weighted by atomic mass is 16.6. The fourth-order valence-electron chi connectivity index (χ4n) is 0.513. The van der Waals surface area contributed by atoms with Gasteiger partial charge in [-0.15, -0.1) is 0 Å². The first-order chi connectivity index (χ1) is 10.5. The number of carboxylic acids is 3. The van der Waals surface area contributed by atoms with Crippen LogP contribution in [0.25, 0.3) is 0 Å². The maximum atomic E-state index is 10.1. The molecule has 23 heavy (non-hydrogen) atoms. The highest BCUT2D eigenvalue weighted by Gasteiger charge is 2.12. The van der Waals surface area contributed by atoms with Crippen molar-refractivity contribution in [1.29, 1.82) is 0 Å². The van der Waals surface area contributed by atoms with Crippen LogP contribution in [0.2, 0.25) is 0 Å². The Hall–Kier alpha value is -2.69. The average Bonchev–Trinajstić information content (AvgIpc) is 2.38. The van der Waals surface area contributed by atoms with E-state index in [1.807, 2.05) is 0 Å². The van der Waals surface area contributed by atoms with E-state index >= 15 is 0 Å². The van der Waals surface area contributed by atoms with Crippen molar-refractivity contribution in [3.63, 3.8) is 0 Å². The number of aliphatic hydroxyl groups excluding tert-OH is 1. The maximum Gasteiger partial charge on any atom is 0.344 e. The van der Waals surface area contributed by atoms with Gasteiger partial charge in [0.15, 0.2) is 6.10 Å². The largest absolute Gasteiger partial charge is 0.483 e. The topological polar surface area (TPSA) is 196 Å². The zero-order valence-corrected chi connectivity index (χ0v) is 13.0. The van der Waals surface area contributed by atoms with Gasteiger partial charge in [0.25, 0.3) is 6.47 Å². The summed E-state index contributed by atoms with van der Waals surface area (Å²) in [5.74, 6) is -3.87. The third kappa shape index (κ3) is 54.4. The van der Waals surface area contributed by atoms with Gasteiger partial charge in [0, 0.05) is 13.5 Å². The molecule has 136 valence electrons. The van der Waals surface area contributed by atoms with E-state index < -0.39 is 30.0 Å². The first kappa shape index (κ1) is 28.5. The number of aliphatic carboxylic acids is 3. The molecule has 0 aromatic carbocycles. The molecule has 0 rings (SSSR count). The molecular formula is C12H22O11. The van der Waals surface area contributed by atoms with Crippen LogP contribution in [0.1, 0.15) is 33.6 Å². The first-order valence-corrected chi connectivity index (χ1v) is 6.02. The van der Waals surface area contributed by atoms with Crippen molar-refractivity contribution in [2.45, 2.75) is 39.7 Å². The van der Waals surface area contributed by atoms with Crippen LogP contribution >= 0.6 is 0 Å². The second kappa shape index (κ2) is 21.6. The number of rotatable bonds is 5. The summed E-state index contributed by atoms with van der Waals surface area (Å²) in [7, 11) is 0. The van der Waals surface area contributed by atoms with Gasteiger partial charge >= 0.3 is 23.9 Å². The number of aliphatic hydroxyl groups is 1.